The molecule has 68 valence electrons. The first-order valence-electron chi connectivity index (χ1n) is 3.42. The summed E-state index contributed by atoms with van der Waals surface area (Å²) in [6, 6.07) is 0. The van der Waals surface area contributed by atoms with Gasteiger partial charge in [0.2, 0.25) is 0 Å². The number of rotatable bonds is 4. The zero-order valence-electron chi connectivity index (χ0n) is 7.12. The van der Waals surface area contributed by atoms with Crippen LogP contribution in [-0.4, -0.2) is 19.5 Å². The molecule has 0 fully saturated rings. The fourth-order valence-electron chi connectivity index (χ4n) is 0.277. The molecule has 5 heteroatoms. The Labute approximate surface area is 67.8 Å². The summed E-state index contributed by atoms with van der Waals surface area (Å²) in [5.74, 6) is 0. The van der Waals surface area contributed by atoms with Gasteiger partial charge in [-0.05, 0) is 20.8 Å². The van der Waals surface area contributed by atoms with E-state index in [-0.39, 0.29) is 0 Å². The van der Waals surface area contributed by atoms with Crippen molar-refractivity contribution >= 4 is 14.5 Å². The highest BCUT2D eigenvalue weighted by atomic mass is 31.1. The molecule has 0 saturated carbocycles. The molecule has 0 unspecified atom stereocenters. The monoisotopic (exact) mass is 182 g/mol. The van der Waals surface area contributed by atoms with E-state index in [4.69, 9.17) is 4.79 Å². The van der Waals surface area contributed by atoms with E-state index in [0.717, 1.165) is 6.29 Å². The summed E-state index contributed by atoms with van der Waals surface area (Å²) in [5.41, 5.74) is 0. The first-order chi connectivity index (χ1) is 5.22. The third kappa shape index (κ3) is 17.7. The second kappa shape index (κ2) is 12.5. The first kappa shape index (κ1) is 13.4. The van der Waals surface area contributed by atoms with Crippen molar-refractivity contribution in [3.63, 3.8) is 0 Å². The van der Waals surface area contributed by atoms with Crippen LogP contribution in [0.3, 0.4) is 0 Å². The summed E-state index contributed by atoms with van der Waals surface area (Å²) in [6.45, 7) is 5.92. The SMILES string of the molecule is CC=O.CCO[PH](=O)OCC. The maximum absolute atomic E-state index is 10.4. The van der Waals surface area contributed by atoms with E-state index >= 15 is 0 Å². The molecule has 11 heavy (non-hydrogen) atoms. The quantitative estimate of drug-likeness (QED) is 0.490. The van der Waals surface area contributed by atoms with Crippen LogP contribution < -0.4 is 0 Å². The normalized spacial score (nSPS) is 8.73. The largest absolute Gasteiger partial charge is 0.319 e. The molecular weight excluding hydrogens is 167 g/mol. The van der Waals surface area contributed by atoms with Gasteiger partial charge in [0.15, 0.2) is 0 Å². The lowest BCUT2D eigenvalue weighted by Crippen LogP contribution is -1.81. The molecular formula is C6H15O4P. The predicted octanol–water partition coefficient (Wildman–Crippen LogP) is 1.65. The average molecular weight is 182 g/mol. The van der Waals surface area contributed by atoms with Gasteiger partial charge in [-0.15, -0.1) is 0 Å². The third-order valence-corrected chi connectivity index (χ3v) is 1.57. The van der Waals surface area contributed by atoms with Crippen molar-refractivity contribution in [3.8, 4) is 0 Å². The van der Waals surface area contributed by atoms with Crippen molar-refractivity contribution in [2.45, 2.75) is 20.8 Å². The number of aldehydes is 1. The second-order valence-electron chi connectivity index (χ2n) is 1.35. The van der Waals surface area contributed by atoms with Crippen LogP contribution in [0.5, 0.6) is 0 Å². The Hall–Kier alpha value is -0.180. The van der Waals surface area contributed by atoms with E-state index in [0.29, 0.717) is 13.2 Å². The topological polar surface area (TPSA) is 52.6 Å². The summed E-state index contributed by atoms with van der Waals surface area (Å²) in [7, 11) is -2.14. The molecule has 0 atom stereocenters. The van der Waals surface area contributed by atoms with Gasteiger partial charge in [-0.1, -0.05) is 0 Å². The summed E-state index contributed by atoms with van der Waals surface area (Å²) in [5, 5.41) is 0. The van der Waals surface area contributed by atoms with Crippen LogP contribution in [0.1, 0.15) is 20.8 Å². The average Bonchev–Trinajstić information content (AvgIpc) is 1.90. The molecule has 0 aromatic carbocycles. The molecule has 0 bridgehead atoms. The van der Waals surface area contributed by atoms with E-state index in [1.807, 2.05) is 0 Å². The highest BCUT2D eigenvalue weighted by molar-refractivity contribution is 7.33. The van der Waals surface area contributed by atoms with Gasteiger partial charge in [-0.25, -0.2) is 0 Å². The Bertz CT molecular complexity index is 96.8. The van der Waals surface area contributed by atoms with Crippen LogP contribution in [0.4, 0.5) is 0 Å². The van der Waals surface area contributed by atoms with E-state index in [2.05, 4.69) is 9.05 Å². The van der Waals surface area contributed by atoms with Crippen molar-refractivity contribution in [1.29, 1.82) is 0 Å². The number of hydrogen-bond donors (Lipinski definition) is 0. The Kier molecular flexibility index (Phi) is 15.2. The molecule has 0 aliphatic rings. The van der Waals surface area contributed by atoms with E-state index in [1.54, 1.807) is 13.8 Å². The Morgan fingerprint density at radius 1 is 1.27 bits per heavy atom. The summed E-state index contributed by atoms with van der Waals surface area (Å²) in [6.07, 6.45) is 0.750. The van der Waals surface area contributed by atoms with Crippen LogP contribution in [0, 0.1) is 0 Å². The van der Waals surface area contributed by atoms with Crippen molar-refractivity contribution in [2.75, 3.05) is 13.2 Å². The minimum absolute atomic E-state index is 0.456. The summed E-state index contributed by atoms with van der Waals surface area (Å²) in [4.78, 5) is 8.81. The number of hydrogen-bond acceptors (Lipinski definition) is 4. The second-order valence-corrected chi connectivity index (χ2v) is 2.43. The molecule has 0 radical (unpaired) electrons. The maximum atomic E-state index is 10.4. The zero-order valence-corrected chi connectivity index (χ0v) is 8.12. The van der Waals surface area contributed by atoms with Crippen LogP contribution in [0.2, 0.25) is 0 Å². The van der Waals surface area contributed by atoms with E-state index in [1.165, 1.54) is 6.92 Å². The molecule has 0 aliphatic carbocycles. The molecule has 4 nitrogen and oxygen atoms in total. The van der Waals surface area contributed by atoms with Crippen molar-refractivity contribution in [2.24, 2.45) is 0 Å². The van der Waals surface area contributed by atoms with Gasteiger partial charge in [0, 0.05) is 0 Å². The van der Waals surface area contributed by atoms with Gasteiger partial charge in [-0.3, -0.25) is 4.57 Å². The van der Waals surface area contributed by atoms with Crippen molar-refractivity contribution in [1.82, 2.24) is 0 Å². The molecule has 0 aliphatic heterocycles. The smallest absolute Gasteiger partial charge is 0.311 e. The van der Waals surface area contributed by atoms with Gasteiger partial charge in [0.1, 0.15) is 6.29 Å². The van der Waals surface area contributed by atoms with Gasteiger partial charge in [-0.2, -0.15) is 0 Å². The van der Waals surface area contributed by atoms with E-state index in [9.17, 15) is 4.57 Å². The molecule has 0 spiro atoms. The first-order valence-corrected chi connectivity index (χ1v) is 4.64. The Morgan fingerprint density at radius 2 is 1.55 bits per heavy atom. The highest BCUT2D eigenvalue weighted by Gasteiger charge is 1.91. The van der Waals surface area contributed by atoms with E-state index < -0.39 is 8.25 Å². The van der Waals surface area contributed by atoms with Gasteiger partial charge in [0.25, 0.3) is 0 Å². The summed E-state index contributed by atoms with van der Waals surface area (Å²) < 4.78 is 19.6. The minimum Gasteiger partial charge on any atom is -0.311 e. The van der Waals surface area contributed by atoms with Crippen LogP contribution >= 0.6 is 8.25 Å². The van der Waals surface area contributed by atoms with Crippen LogP contribution in [-0.2, 0) is 18.4 Å². The lowest BCUT2D eigenvalue weighted by molar-refractivity contribution is -0.106. The standard InChI is InChI=1S/C4H11O3P.C2H4O/c1-3-6-8(5)7-4-2;1-2-3/h8H,3-4H2,1-2H3;2H,1H3. The van der Waals surface area contributed by atoms with Gasteiger partial charge < -0.3 is 13.8 Å². The highest BCUT2D eigenvalue weighted by Crippen LogP contribution is 2.21. The minimum atomic E-state index is -2.14. The molecule has 0 saturated heterocycles. The number of carbonyl (C=O) groups excluding carboxylic acids is 1. The zero-order chi connectivity index (χ0) is 9.11. The Morgan fingerprint density at radius 3 is 1.73 bits per heavy atom. The van der Waals surface area contributed by atoms with Gasteiger partial charge in [0.05, 0.1) is 13.2 Å². The van der Waals surface area contributed by atoms with Crippen LogP contribution in [0.25, 0.3) is 0 Å². The van der Waals surface area contributed by atoms with Crippen LogP contribution in [0.15, 0.2) is 0 Å². The predicted molar refractivity (Wildman–Crippen MR) is 44.0 cm³/mol. The van der Waals surface area contributed by atoms with Gasteiger partial charge >= 0.3 is 8.25 Å². The Balaban J connectivity index is 0. The van der Waals surface area contributed by atoms with Crippen molar-refractivity contribution < 1.29 is 18.4 Å². The summed E-state index contributed by atoms with van der Waals surface area (Å²) >= 11 is 0. The fraction of sp³-hybridized carbons (Fsp3) is 0.833. The lowest BCUT2D eigenvalue weighted by atomic mass is 10.9. The third-order valence-electron chi connectivity index (χ3n) is 0.524. The maximum Gasteiger partial charge on any atom is 0.319 e. The molecule has 0 N–H and O–H groups in total. The molecule has 0 aromatic rings. The molecule has 0 heterocycles. The molecule has 0 amide bonds. The number of carbonyl (C=O) groups is 1. The van der Waals surface area contributed by atoms with Crippen molar-refractivity contribution in [3.05, 3.63) is 0 Å². The lowest BCUT2D eigenvalue weighted by Gasteiger charge is -1.97. The molecule has 0 aromatic heterocycles. The molecule has 0 rings (SSSR count). The fourth-order valence-corrected chi connectivity index (χ4v) is 0.832.